The number of nitrogens with one attached hydrogen (secondary N) is 2. The Labute approximate surface area is 144 Å². The van der Waals surface area contributed by atoms with Gasteiger partial charge in [0, 0.05) is 23.7 Å². The molecule has 1 atom stereocenters. The number of benzene rings is 1. The van der Waals surface area contributed by atoms with Crippen molar-refractivity contribution in [1.82, 2.24) is 20.2 Å². The fourth-order valence-electron chi connectivity index (χ4n) is 2.80. The van der Waals surface area contributed by atoms with Crippen LogP contribution in [0.5, 0.6) is 0 Å². The number of hydrogen-bond acceptors (Lipinski definition) is 4. The van der Waals surface area contributed by atoms with Crippen molar-refractivity contribution in [3.8, 4) is 0 Å². The fourth-order valence-corrected chi connectivity index (χ4v) is 2.93. The zero-order valence-electron chi connectivity index (χ0n) is 13.1. The van der Waals surface area contributed by atoms with Crippen LogP contribution >= 0.6 is 11.6 Å². The molecular formula is C16H17ClN4O3. The fraction of sp³-hybridized carbons (Fsp3) is 0.312. The summed E-state index contributed by atoms with van der Waals surface area (Å²) in [6.07, 6.45) is 2.30. The maximum atomic E-state index is 12.5. The third-order valence-corrected chi connectivity index (χ3v) is 4.24. The number of rotatable bonds is 3. The minimum Gasteiger partial charge on any atom is -0.468 e. The van der Waals surface area contributed by atoms with Crippen LogP contribution < -0.4 is 5.32 Å². The van der Waals surface area contributed by atoms with Crippen LogP contribution in [-0.4, -0.2) is 47.1 Å². The summed E-state index contributed by atoms with van der Waals surface area (Å²) in [6.45, 7) is 0.335. The first kappa shape index (κ1) is 16.3. The number of carbonyl (C=O) groups is 2. The van der Waals surface area contributed by atoms with E-state index in [1.165, 1.54) is 7.11 Å². The van der Waals surface area contributed by atoms with E-state index in [4.69, 9.17) is 11.6 Å². The summed E-state index contributed by atoms with van der Waals surface area (Å²) in [4.78, 5) is 33.0. The van der Waals surface area contributed by atoms with Crippen molar-refractivity contribution in [1.29, 1.82) is 0 Å². The average molecular weight is 349 g/mol. The van der Waals surface area contributed by atoms with Crippen LogP contribution in [0.1, 0.15) is 23.0 Å². The van der Waals surface area contributed by atoms with Gasteiger partial charge >= 0.3 is 12.0 Å². The van der Waals surface area contributed by atoms with Crippen LogP contribution in [0.15, 0.2) is 30.6 Å². The molecule has 3 rings (SSSR count). The van der Waals surface area contributed by atoms with Crippen molar-refractivity contribution in [2.75, 3.05) is 20.2 Å². The number of amides is 2. The van der Waals surface area contributed by atoms with Crippen molar-refractivity contribution in [3.63, 3.8) is 0 Å². The number of esters is 1. The van der Waals surface area contributed by atoms with Gasteiger partial charge in [-0.15, -0.1) is 0 Å². The summed E-state index contributed by atoms with van der Waals surface area (Å²) in [5.74, 6) is -0.496. The molecule has 24 heavy (non-hydrogen) atoms. The van der Waals surface area contributed by atoms with Gasteiger partial charge in [-0.25, -0.2) is 9.78 Å². The van der Waals surface area contributed by atoms with Crippen molar-refractivity contribution in [2.45, 2.75) is 12.5 Å². The summed E-state index contributed by atoms with van der Waals surface area (Å²) in [7, 11) is 1.28. The van der Waals surface area contributed by atoms with Gasteiger partial charge in [0.15, 0.2) is 0 Å². The van der Waals surface area contributed by atoms with E-state index in [0.29, 0.717) is 18.0 Å². The molecule has 0 saturated heterocycles. The van der Waals surface area contributed by atoms with Gasteiger partial charge in [-0.3, -0.25) is 4.79 Å². The summed E-state index contributed by atoms with van der Waals surface area (Å²) in [6, 6.07) is 6.63. The second-order valence-corrected chi connectivity index (χ2v) is 5.84. The predicted molar refractivity (Wildman–Crippen MR) is 87.7 cm³/mol. The minimum absolute atomic E-state index is 0.174. The summed E-state index contributed by atoms with van der Waals surface area (Å²) >= 11 is 5.96. The Hall–Kier alpha value is -2.54. The number of carbonyl (C=O) groups excluding carboxylic acids is 2. The molecule has 2 heterocycles. The molecule has 126 valence electrons. The lowest BCUT2D eigenvalue weighted by Gasteiger charge is -2.35. The highest BCUT2D eigenvalue weighted by Crippen LogP contribution is 2.33. The molecule has 2 amide bonds. The largest absolute Gasteiger partial charge is 0.468 e. The Bertz CT molecular complexity index is 744. The maximum absolute atomic E-state index is 12.5. The van der Waals surface area contributed by atoms with Gasteiger partial charge in [-0.2, -0.15) is 0 Å². The van der Waals surface area contributed by atoms with E-state index in [2.05, 4.69) is 20.0 Å². The normalized spacial score (nSPS) is 16.4. The van der Waals surface area contributed by atoms with E-state index in [0.717, 1.165) is 17.0 Å². The maximum Gasteiger partial charge on any atom is 0.325 e. The molecule has 0 fully saturated rings. The third kappa shape index (κ3) is 3.21. The molecule has 0 radical (unpaired) electrons. The molecule has 1 aliphatic heterocycles. The molecule has 7 nitrogen and oxygen atoms in total. The third-order valence-electron chi connectivity index (χ3n) is 3.98. The predicted octanol–water partition coefficient (Wildman–Crippen LogP) is 1.89. The number of hydrogen-bond donors (Lipinski definition) is 2. The van der Waals surface area contributed by atoms with Crippen LogP contribution in [0.2, 0.25) is 5.02 Å². The number of aromatic amines is 1. The van der Waals surface area contributed by atoms with Crippen LogP contribution in [0.25, 0.3) is 0 Å². The number of aromatic nitrogens is 2. The molecule has 0 unspecified atom stereocenters. The van der Waals surface area contributed by atoms with E-state index in [-0.39, 0.29) is 18.6 Å². The topological polar surface area (TPSA) is 87.3 Å². The second kappa shape index (κ2) is 6.92. The number of halogens is 1. The van der Waals surface area contributed by atoms with Gasteiger partial charge in [0.1, 0.15) is 12.6 Å². The molecule has 0 spiro atoms. The van der Waals surface area contributed by atoms with Crippen LogP contribution in [0.4, 0.5) is 4.79 Å². The molecule has 8 heteroatoms. The number of urea groups is 1. The lowest BCUT2D eigenvalue weighted by atomic mass is 9.96. The highest BCUT2D eigenvalue weighted by Gasteiger charge is 2.34. The van der Waals surface area contributed by atoms with Crippen molar-refractivity contribution in [3.05, 3.63) is 52.6 Å². The van der Waals surface area contributed by atoms with Gasteiger partial charge in [0.25, 0.3) is 0 Å². The molecule has 0 bridgehead atoms. The molecule has 1 aromatic carbocycles. The minimum atomic E-state index is -0.496. The first-order valence-electron chi connectivity index (χ1n) is 7.49. The van der Waals surface area contributed by atoms with Crippen LogP contribution in [0.3, 0.4) is 0 Å². The molecule has 1 aliphatic rings. The van der Waals surface area contributed by atoms with Crippen LogP contribution in [-0.2, 0) is 16.0 Å². The number of H-pyrrole nitrogens is 1. The van der Waals surface area contributed by atoms with Crippen molar-refractivity contribution < 1.29 is 14.3 Å². The Morgan fingerprint density at radius 3 is 2.88 bits per heavy atom. The average Bonchev–Trinajstić information content (AvgIpc) is 3.08. The summed E-state index contributed by atoms with van der Waals surface area (Å²) in [5.41, 5.74) is 2.71. The van der Waals surface area contributed by atoms with E-state index in [9.17, 15) is 9.59 Å². The second-order valence-electron chi connectivity index (χ2n) is 5.40. The SMILES string of the molecule is COC(=O)CNC(=O)N1CCc2[nH]cnc2[C@H]1c1ccc(Cl)cc1. The Morgan fingerprint density at radius 2 is 2.17 bits per heavy atom. The summed E-state index contributed by atoms with van der Waals surface area (Å²) in [5, 5.41) is 3.21. The quantitative estimate of drug-likeness (QED) is 0.829. The number of methoxy groups -OCH3 is 1. The van der Waals surface area contributed by atoms with E-state index < -0.39 is 5.97 Å². The zero-order chi connectivity index (χ0) is 17.1. The number of ether oxygens (including phenoxy) is 1. The Morgan fingerprint density at radius 1 is 1.42 bits per heavy atom. The summed E-state index contributed by atoms with van der Waals surface area (Å²) < 4.78 is 4.55. The van der Waals surface area contributed by atoms with E-state index in [1.54, 1.807) is 23.4 Å². The number of nitrogens with zero attached hydrogens (tertiary/aromatic N) is 2. The molecule has 2 N–H and O–H groups in total. The smallest absolute Gasteiger partial charge is 0.325 e. The van der Waals surface area contributed by atoms with Gasteiger partial charge in [0.05, 0.1) is 19.1 Å². The highest BCUT2D eigenvalue weighted by atomic mass is 35.5. The number of imidazole rings is 1. The van der Waals surface area contributed by atoms with E-state index >= 15 is 0 Å². The van der Waals surface area contributed by atoms with Gasteiger partial charge in [0.2, 0.25) is 0 Å². The van der Waals surface area contributed by atoms with Crippen molar-refractivity contribution in [2.24, 2.45) is 0 Å². The lowest BCUT2D eigenvalue weighted by molar-refractivity contribution is -0.139. The molecule has 0 saturated carbocycles. The van der Waals surface area contributed by atoms with Gasteiger partial charge < -0.3 is 19.9 Å². The molecule has 0 aliphatic carbocycles. The molecule has 2 aromatic rings. The standard InChI is InChI=1S/C16H17ClN4O3/c1-24-13(22)8-18-16(23)21-7-6-12-14(20-9-19-12)15(21)10-2-4-11(17)5-3-10/h2-5,9,15H,6-8H2,1H3,(H,18,23)(H,19,20)/t15-/m1/s1. The number of fused-ring (bicyclic) bond motifs is 1. The first-order valence-corrected chi connectivity index (χ1v) is 7.87. The van der Waals surface area contributed by atoms with Gasteiger partial charge in [-0.1, -0.05) is 23.7 Å². The Kier molecular flexibility index (Phi) is 4.71. The first-order chi connectivity index (χ1) is 11.6. The molecule has 1 aromatic heterocycles. The zero-order valence-corrected chi connectivity index (χ0v) is 13.8. The van der Waals surface area contributed by atoms with E-state index in [1.807, 2.05) is 12.1 Å². The van der Waals surface area contributed by atoms with Crippen molar-refractivity contribution >= 4 is 23.6 Å². The highest BCUT2D eigenvalue weighted by molar-refractivity contribution is 6.30. The Balaban J connectivity index is 1.88. The monoisotopic (exact) mass is 348 g/mol. The van der Waals surface area contributed by atoms with Gasteiger partial charge in [-0.05, 0) is 17.7 Å². The van der Waals surface area contributed by atoms with Crippen LogP contribution in [0, 0.1) is 0 Å². The lowest BCUT2D eigenvalue weighted by Crippen LogP contribution is -2.47. The molecular weight excluding hydrogens is 332 g/mol.